The molecule has 2 rings (SSSR count). The Labute approximate surface area is 146 Å². The molecular formula is C18H23N3O2S. The summed E-state index contributed by atoms with van der Waals surface area (Å²) in [6, 6.07) is 7.55. The normalized spacial score (nSPS) is 10.7. The molecule has 6 heteroatoms. The molecule has 128 valence electrons. The van der Waals surface area contributed by atoms with Crippen LogP contribution in [0.25, 0.3) is 11.3 Å². The lowest BCUT2D eigenvalue weighted by molar-refractivity contribution is -0.125. The zero-order chi connectivity index (χ0) is 17.5. The summed E-state index contributed by atoms with van der Waals surface area (Å²) in [5.74, 6) is 0.0778. The predicted molar refractivity (Wildman–Crippen MR) is 97.8 cm³/mol. The molecule has 5 nitrogen and oxygen atoms in total. The number of aromatic nitrogens is 1. The first-order valence-corrected chi connectivity index (χ1v) is 9.01. The molecule has 0 radical (unpaired) electrons. The van der Waals surface area contributed by atoms with E-state index in [1.165, 1.54) is 18.3 Å². The lowest BCUT2D eigenvalue weighted by atomic mass is 10.0. The summed E-state index contributed by atoms with van der Waals surface area (Å²) in [6.07, 6.45) is 1.71. The predicted octanol–water partition coefficient (Wildman–Crippen LogP) is 3.82. The Morgan fingerprint density at radius 3 is 2.42 bits per heavy atom. The van der Waals surface area contributed by atoms with Crippen LogP contribution in [-0.2, 0) is 16.1 Å². The molecule has 0 fully saturated rings. The number of thiazole rings is 1. The van der Waals surface area contributed by atoms with Crippen molar-refractivity contribution in [1.82, 2.24) is 10.3 Å². The molecule has 0 aliphatic rings. The highest BCUT2D eigenvalue weighted by molar-refractivity contribution is 7.09. The maximum Gasteiger partial charge on any atom is 0.223 e. The van der Waals surface area contributed by atoms with E-state index >= 15 is 0 Å². The van der Waals surface area contributed by atoms with Gasteiger partial charge in [0.1, 0.15) is 5.01 Å². The van der Waals surface area contributed by atoms with E-state index < -0.39 is 0 Å². The van der Waals surface area contributed by atoms with E-state index in [0.29, 0.717) is 6.54 Å². The van der Waals surface area contributed by atoms with Gasteiger partial charge in [0.15, 0.2) is 0 Å². The van der Waals surface area contributed by atoms with Gasteiger partial charge in [0.05, 0.1) is 12.2 Å². The summed E-state index contributed by atoms with van der Waals surface area (Å²) in [7, 11) is 0. The third kappa shape index (κ3) is 4.89. The van der Waals surface area contributed by atoms with Crippen molar-refractivity contribution in [3.63, 3.8) is 0 Å². The first-order chi connectivity index (χ1) is 11.5. The minimum atomic E-state index is -0.0908. The maximum atomic E-state index is 12.0. The molecule has 0 atom stereocenters. The number of rotatable bonds is 7. The van der Waals surface area contributed by atoms with Crippen LogP contribution in [0.5, 0.6) is 0 Å². The van der Waals surface area contributed by atoms with Crippen LogP contribution in [0.2, 0.25) is 0 Å². The zero-order valence-corrected chi connectivity index (χ0v) is 15.1. The topological polar surface area (TPSA) is 71.1 Å². The Morgan fingerprint density at radius 2 is 1.83 bits per heavy atom. The van der Waals surface area contributed by atoms with Gasteiger partial charge in [-0.25, -0.2) is 4.98 Å². The lowest BCUT2D eigenvalue weighted by Crippen LogP contribution is -2.29. The molecule has 1 aromatic carbocycles. The number of nitrogens with zero attached hydrogens (tertiary/aromatic N) is 1. The Hall–Kier alpha value is -2.21. The van der Waals surface area contributed by atoms with Crippen molar-refractivity contribution >= 4 is 28.8 Å². The van der Waals surface area contributed by atoms with Gasteiger partial charge in [0.25, 0.3) is 0 Å². The molecule has 0 unspecified atom stereocenters. The average molecular weight is 345 g/mol. The largest absolute Gasteiger partial charge is 0.349 e. The molecular weight excluding hydrogens is 322 g/mol. The maximum absolute atomic E-state index is 12.0. The van der Waals surface area contributed by atoms with Gasteiger partial charge in [-0.3, -0.25) is 9.59 Å². The van der Waals surface area contributed by atoms with Crippen LogP contribution in [0, 0.1) is 5.92 Å². The molecule has 1 heterocycles. The monoisotopic (exact) mass is 345 g/mol. The Kier molecular flexibility index (Phi) is 6.49. The van der Waals surface area contributed by atoms with Crippen molar-refractivity contribution in [3.05, 3.63) is 34.7 Å². The minimum absolute atomic E-state index is 0.0748. The molecule has 0 aliphatic carbocycles. The van der Waals surface area contributed by atoms with Gasteiger partial charge in [0.2, 0.25) is 11.8 Å². The first-order valence-electron chi connectivity index (χ1n) is 8.13. The van der Waals surface area contributed by atoms with E-state index in [-0.39, 0.29) is 17.7 Å². The number of hydrogen-bond acceptors (Lipinski definition) is 4. The van der Waals surface area contributed by atoms with Crippen LogP contribution in [0.1, 0.15) is 38.6 Å². The number of amides is 2. The molecule has 0 bridgehead atoms. The minimum Gasteiger partial charge on any atom is -0.349 e. The number of hydrogen-bond donors (Lipinski definition) is 2. The number of carbonyl (C=O) groups is 2. The second-order valence-corrected chi connectivity index (χ2v) is 6.56. The summed E-state index contributed by atoms with van der Waals surface area (Å²) in [5.41, 5.74) is 2.62. The van der Waals surface area contributed by atoms with Crippen molar-refractivity contribution in [3.8, 4) is 11.3 Å². The summed E-state index contributed by atoms with van der Waals surface area (Å²) in [5, 5.41) is 8.56. The first kappa shape index (κ1) is 18.1. The Morgan fingerprint density at radius 1 is 1.17 bits per heavy atom. The van der Waals surface area contributed by atoms with Crippen molar-refractivity contribution < 1.29 is 9.59 Å². The fourth-order valence-electron chi connectivity index (χ4n) is 2.42. The molecule has 24 heavy (non-hydrogen) atoms. The van der Waals surface area contributed by atoms with Gasteiger partial charge in [-0.05, 0) is 25.0 Å². The van der Waals surface area contributed by atoms with Gasteiger partial charge >= 0.3 is 0 Å². The molecule has 0 saturated carbocycles. The van der Waals surface area contributed by atoms with Gasteiger partial charge in [-0.1, -0.05) is 26.0 Å². The Balaban J connectivity index is 1.97. The van der Waals surface area contributed by atoms with E-state index in [1.807, 2.05) is 43.5 Å². The van der Waals surface area contributed by atoms with Gasteiger partial charge in [0, 0.05) is 29.5 Å². The molecule has 1 aromatic heterocycles. The highest BCUT2D eigenvalue weighted by atomic mass is 32.1. The summed E-state index contributed by atoms with van der Waals surface area (Å²) in [4.78, 5) is 27.6. The molecule has 0 aliphatic heterocycles. The lowest BCUT2D eigenvalue weighted by Gasteiger charge is -2.11. The molecule has 0 spiro atoms. The fraction of sp³-hybridized carbons (Fsp3) is 0.389. The third-order valence-electron chi connectivity index (χ3n) is 3.82. The standard InChI is InChI=1S/C18H23N3O2S/c1-4-13(5-2)18(23)19-10-17-21-16(11-24-17)14-6-8-15(9-7-14)20-12(3)22/h6-9,11,13H,4-5,10H2,1-3H3,(H,19,23)(H,20,22). The number of anilines is 1. The van der Waals surface area contributed by atoms with Crippen LogP contribution < -0.4 is 10.6 Å². The van der Waals surface area contributed by atoms with Gasteiger partial charge < -0.3 is 10.6 Å². The van der Waals surface area contributed by atoms with E-state index in [0.717, 1.165) is 34.8 Å². The molecule has 2 aromatic rings. The van der Waals surface area contributed by atoms with Crippen LogP contribution in [0.15, 0.2) is 29.6 Å². The van der Waals surface area contributed by atoms with E-state index in [9.17, 15) is 9.59 Å². The molecule has 2 N–H and O–H groups in total. The van der Waals surface area contributed by atoms with Crippen molar-refractivity contribution in [1.29, 1.82) is 0 Å². The quantitative estimate of drug-likeness (QED) is 0.801. The van der Waals surface area contributed by atoms with Crippen LogP contribution >= 0.6 is 11.3 Å². The zero-order valence-electron chi connectivity index (χ0n) is 14.3. The highest BCUT2D eigenvalue weighted by Gasteiger charge is 2.14. The summed E-state index contributed by atoms with van der Waals surface area (Å²) in [6.45, 7) is 6.00. The molecule has 0 saturated heterocycles. The van der Waals surface area contributed by atoms with Crippen LogP contribution in [0.3, 0.4) is 0 Å². The highest BCUT2D eigenvalue weighted by Crippen LogP contribution is 2.23. The van der Waals surface area contributed by atoms with Crippen LogP contribution in [-0.4, -0.2) is 16.8 Å². The molecule has 2 amide bonds. The van der Waals surface area contributed by atoms with E-state index in [1.54, 1.807) is 0 Å². The van der Waals surface area contributed by atoms with Gasteiger partial charge in [-0.15, -0.1) is 11.3 Å². The Bertz CT molecular complexity index is 691. The number of carbonyl (C=O) groups excluding carboxylic acids is 2. The third-order valence-corrected chi connectivity index (χ3v) is 4.67. The number of nitrogens with one attached hydrogen (secondary N) is 2. The second kappa shape index (κ2) is 8.59. The van der Waals surface area contributed by atoms with Crippen molar-refractivity contribution in [2.24, 2.45) is 5.92 Å². The fourth-order valence-corrected chi connectivity index (χ4v) is 3.16. The van der Waals surface area contributed by atoms with Crippen LogP contribution in [0.4, 0.5) is 5.69 Å². The van der Waals surface area contributed by atoms with Crippen molar-refractivity contribution in [2.45, 2.75) is 40.2 Å². The number of benzene rings is 1. The van der Waals surface area contributed by atoms with Crippen molar-refractivity contribution in [2.75, 3.05) is 5.32 Å². The van der Waals surface area contributed by atoms with E-state index in [4.69, 9.17) is 0 Å². The SMILES string of the molecule is CCC(CC)C(=O)NCc1nc(-c2ccc(NC(C)=O)cc2)cs1. The smallest absolute Gasteiger partial charge is 0.223 e. The summed E-state index contributed by atoms with van der Waals surface area (Å²) < 4.78 is 0. The van der Waals surface area contributed by atoms with E-state index in [2.05, 4.69) is 15.6 Å². The average Bonchev–Trinajstić information content (AvgIpc) is 3.03. The second-order valence-electron chi connectivity index (χ2n) is 5.62. The van der Waals surface area contributed by atoms with Gasteiger partial charge in [-0.2, -0.15) is 0 Å². The summed E-state index contributed by atoms with van der Waals surface area (Å²) >= 11 is 1.53.